The summed E-state index contributed by atoms with van der Waals surface area (Å²) in [6, 6.07) is 9.14. The van der Waals surface area contributed by atoms with E-state index in [1.54, 1.807) is 6.07 Å². The number of hydrogen-bond acceptors (Lipinski definition) is 6. The van der Waals surface area contributed by atoms with Crippen molar-refractivity contribution in [2.24, 2.45) is 0 Å². The number of nitrogens with one attached hydrogen (secondary N) is 4. The number of hydrogen-bond donors (Lipinski definition) is 5. The molecule has 9 heteroatoms. The van der Waals surface area contributed by atoms with Gasteiger partial charge in [-0.2, -0.15) is 0 Å². The summed E-state index contributed by atoms with van der Waals surface area (Å²) in [6.45, 7) is 1.92. The highest BCUT2D eigenvalue weighted by Crippen LogP contribution is 2.27. The Morgan fingerprint density at radius 2 is 1.93 bits per heavy atom. The van der Waals surface area contributed by atoms with Gasteiger partial charge >= 0.3 is 0 Å². The minimum Gasteiger partial charge on any atom is -0.398 e. The predicted molar refractivity (Wildman–Crippen MR) is 118 cm³/mol. The highest BCUT2D eigenvalue weighted by atomic mass is 32.1. The molecule has 0 unspecified atom stereocenters. The number of nitrogen functional groups attached to an aromatic ring is 1. The Morgan fingerprint density at radius 1 is 1.20 bits per heavy atom. The maximum atomic E-state index is 14.7. The van der Waals surface area contributed by atoms with E-state index >= 15 is 0 Å². The molecule has 0 atom stereocenters. The minimum atomic E-state index is -1.13. The third-order valence-corrected chi connectivity index (χ3v) is 5.48. The number of carbonyl (C=O) groups is 1. The summed E-state index contributed by atoms with van der Waals surface area (Å²) in [6.07, 6.45) is 0.711. The molecule has 0 fully saturated rings. The lowest BCUT2D eigenvalue weighted by molar-refractivity contribution is 0.101. The molecule has 2 aromatic carbocycles. The summed E-state index contributed by atoms with van der Waals surface area (Å²) in [5, 5.41) is 20.8. The number of thiophene rings is 1. The number of benzene rings is 2. The Bertz CT molecular complexity index is 1170. The summed E-state index contributed by atoms with van der Waals surface area (Å²) in [7, 11) is 1.46. The summed E-state index contributed by atoms with van der Waals surface area (Å²) in [5.74, 6) is -3.20. The first-order chi connectivity index (χ1) is 14.3. The average molecular weight is 427 g/mol. The van der Waals surface area contributed by atoms with E-state index in [0.29, 0.717) is 22.3 Å². The highest BCUT2D eigenvalue weighted by molar-refractivity contribution is 7.14. The van der Waals surface area contributed by atoms with Crippen molar-refractivity contribution >= 4 is 46.2 Å². The van der Waals surface area contributed by atoms with Gasteiger partial charge in [-0.15, -0.1) is 11.3 Å². The van der Waals surface area contributed by atoms with Crippen LogP contribution in [0.4, 0.5) is 25.8 Å². The number of nitrogens with two attached hydrogens (primary N) is 1. The van der Waals surface area contributed by atoms with Gasteiger partial charge in [0.1, 0.15) is 17.2 Å². The molecule has 0 aliphatic rings. The molecule has 6 N–H and O–H groups in total. The van der Waals surface area contributed by atoms with Crippen LogP contribution in [0.1, 0.15) is 31.2 Å². The topological polar surface area (TPSA) is 115 Å². The van der Waals surface area contributed by atoms with Crippen molar-refractivity contribution in [2.75, 3.05) is 23.4 Å². The van der Waals surface area contributed by atoms with Crippen molar-refractivity contribution < 1.29 is 13.6 Å². The lowest BCUT2D eigenvalue weighted by atomic mass is 10.0. The fraction of sp³-hybridized carbons (Fsp3) is 0.0952. The van der Waals surface area contributed by atoms with Crippen LogP contribution >= 0.6 is 11.3 Å². The molecule has 30 heavy (non-hydrogen) atoms. The zero-order valence-electron chi connectivity index (χ0n) is 16.2. The van der Waals surface area contributed by atoms with Crippen LogP contribution < -0.4 is 16.4 Å². The molecular formula is C21H19F2N5OS. The van der Waals surface area contributed by atoms with Crippen LogP contribution in [0.25, 0.3) is 0 Å². The molecule has 154 valence electrons. The number of carbonyl (C=O) groups excluding carboxylic acids is 1. The molecule has 1 heterocycles. The second-order valence-corrected chi connectivity index (χ2v) is 7.73. The van der Waals surface area contributed by atoms with Crippen LogP contribution in [0.15, 0.2) is 36.4 Å². The Morgan fingerprint density at radius 3 is 2.53 bits per heavy atom. The van der Waals surface area contributed by atoms with Gasteiger partial charge in [0.25, 0.3) is 5.91 Å². The van der Waals surface area contributed by atoms with E-state index in [4.69, 9.17) is 16.6 Å². The van der Waals surface area contributed by atoms with Gasteiger partial charge in [0.2, 0.25) is 0 Å². The molecule has 0 saturated heterocycles. The monoisotopic (exact) mass is 427 g/mol. The first kappa shape index (κ1) is 21.1. The Balaban J connectivity index is 1.95. The van der Waals surface area contributed by atoms with E-state index in [1.807, 2.05) is 13.0 Å². The van der Waals surface area contributed by atoms with E-state index in [1.165, 1.54) is 36.6 Å². The van der Waals surface area contributed by atoms with Crippen molar-refractivity contribution in [3.05, 3.63) is 74.5 Å². The summed E-state index contributed by atoms with van der Waals surface area (Å²) in [4.78, 5) is 14.3. The van der Waals surface area contributed by atoms with Crippen molar-refractivity contribution in [3.8, 4) is 0 Å². The molecule has 0 saturated carbocycles. The van der Waals surface area contributed by atoms with E-state index in [-0.39, 0.29) is 22.6 Å². The lowest BCUT2D eigenvalue weighted by Gasteiger charge is -2.13. The van der Waals surface area contributed by atoms with Crippen LogP contribution in [0, 0.1) is 29.4 Å². The quantitative estimate of drug-likeness (QED) is 0.292. The molecular weight excluding hydrogens is 408 g/mol. The fourth-order valence-corrected chi connectivity index (χ4v) is 3.77. The maximum absolute atomic E-state index is 14.7. The second-order valence-electron chi connectivity index (χ2n) is 6.44. The molecule has 3 rings (SSSR count). The van der Waals surface area contributed by atoms with E-state index < -0.39 is 23.1 Å². The molecule has 0 aliphatic heterocycles. The molecule has 6 nitrogen and oxygen atoms in total. The van der Waals surface area contributed by atoms with Gasteiger partial charge in [-0.1, -0.05) is 0 Å². The molecule has 0 bridgehead atoms. The number of anilines is 3. The lowest BCUT2D eigenvalue weighted by Crippen LogP contribution is -2.18. The second kappa shape index (κ2) is 8.42. The normalized spacial score (nSPS) is 10.5. The van der Waals surface area contributed by atoms with Crippen molar-refractivity contribution in [2.45, 2.75) is 6.92 Å². The minimum absolute atomic E-state index is 0.0611. The van der Waals surface area contributed by atoms with Gasteiger partial charge in [-0.05, 0) is 43.3 Å². The first-order valence-electron chi connectivity index (χ1n) is 8.83. The van der Waals surface area contributed by atoms with Crippen LogP contribution in [-0.4, -0.2) is 24.9 Å². The van der Waals surface area contributed by atoms with Gasteiger partial charge in [0.05, 0.1) is 16.2 Å². The van der Waals surface area contributed by atoms with E-state index in [2.05, 4.69) is 10.6 Å². The number of halogens is 2. The van der Waals surface area contributed by atoms with Gasteiger partial charge in [-0.3, -0.25) is 10.2 Å². The standard InChI is InChI=1S/C21H19F2N5OS/c1-10-3-6-17(30-10)20(26)12-7-11(4-5-15(12)25)28-21(29)18-14(22)8-16(27-2)13(9-24)19(18)23/h3-9,24,26-27H,25H2,1-2H3,(H,28,29). The predicted octanol–water partition coefficient (Wildman–Crippen LogP) is 4.62. The Kier molecular flexibility index (Phi) is 5.93. The van der Waals surface area contributed by atoms with Gasteiger partial charge in [0, 0.05) is 40.8 Å². The molecule has 1 aromatic heterocycles. The molecule has 0 spiro atoms. The van der Waals surface area contributed by atoms with Crippen molar-refractivity contribution in [1.82, 2.24) is 0 Å². The molecule has 0 aliphatic carbocycles. The SMILES string of the molecule is CNc1cc(F)c(C(=O)Nc2ccc(N)c(C(=N)c3ccc(C)s3)c2)c(F)c1C=N. The molecule has 0 radical (unpaired) electrons. The Hall–Kier alpha value is -3.59. The zero-order chi connectivity index (χ0) is 22.0. The first-order valence-corrected chi connectivity index (χ1v) is 9.65. The third kappa shape index (κ3) is 3.92. The summed E-state index contributed by atoms with van der Waals surface area (Å²) >= 11 is 1.43. The highest BCUT2D eigenvalue weighted by Gasteiger charge is 2.23. The van der Waals surface area contributed by atoms with Crippen LogP contribution in [-0.2, 0) is 0 Å². The van der Waals surface area contributed by atoms with Crippen molar-refractivity contribution in [3.63, 3.8) is 0 Å². The van der Waals surface area contributed by atoms with E-state index in [9.17, 15) is 13.6 Å². The Labute approximate surface area is 175 Å². The van der Waals surface area contributed by atoms with E-state index in [0.717, 1.165) is 10.9 Å². The largest absolute Gasteiger partial charge is 0.398 e. The van der Waals surface area contributed by atoms with Crippen molar-refractivity contribution in [1.29, 1.82) is 10.8 Å². The maximum Gasteiger partial charge on any atom is 0.261 e. The average Bonchev–Trinajstić information content (AvgIpc) is 3.14. The van der Waals surface area contributed by atoms with Crippen LogP contribution in [0.5, 0.6) is 0 Å². The van der Waals surface area contributed by atoms with Gasteiger partial charge in [0.15, 0.2) is 0 Å². The number of rotatable bonds is 6. The van der Waals surface area contributed by atoms with Gasteiger partial charge < -0.3 is 21.8 Å². The van der Waals surface area contributed by atoms with Gasteiger partial charge in [-0.25, -0.2) is 8.78 Å². The third-order valence-electron chi connectivity index (χ3n) is 4.46. The summed E-state index contributed by atoms with van der Waals surface area (Å²) in [5.41, 5.74) is 6.18. The number of amides is 1. The zero-order valence-corrected chi connectivity index (χ0v) is 17.0. The summed E-state index contributed by atoms with van der Waals surface area (Å²) < 4.78 is 29.1. The molecule has 1 amide bonds. The smallest absolute Gasteiger partial charge is 0.261 e. The number of aryl methyl sites for hydroxylation is 1. The van der Waals surface area contributed by atoms with Crippen LogP contribution in [0.3, 0.4) is 0 Å². The molecule has 3 aromatic rings. The fourth-order valence-electron chi connectivity index (χ4n) is 2.94. The van der Waals surface area contributed by atoms with Crippen LogP contribution in [0.2, 0.25) is 0 Å².